The van der Waals surface area contributed by atoms with E-state index in [0.29, 0.717) is 13.1 Å². The van der Waals surface area contributed by atoms with Crippen LogP contribution < -0.4 is 16.4 Å². The molecule has 0 aromatic heterocycles. The van der Waals surface area contributed by atoms with Gasteiger partial charge in [-0.05, 0) is 25.0 Å². The van der Waals surface area contributed by atoms with Gasteiger partial charge in [-0.25, -0.2) is 0 Å². The van der Waals surface area contributed by atoms with Crippen molar-refractivity contribution in [2.45, 2.75) is 31.2 Å². The SMILES string of the molecule is NCC1(NC(=O)CNc2ccccc2)CCCC1. The van der Waals surface area contributed by atoms with E-state index in [2.05, 4.69) is 10.6 Å². The number of amides is 1. The predicted octanol–water partition coefficient (Wildman–Crippen LogP) is 1.49. The fourth-order valence-electron chi connectivity index (χ4n) is 2.51. The Morgan fingerprint density at radius 2 is 1.89 bits per heavy atom. The summed E-state index contributed by atoms with van der Waals surface area (Å²) in [4.78, 5) is 11.9. The number of rotatable bonds is 5. The molecule has 18 heavy (non-hydrogen) atoms. The number of benzene rings is 1. The first-order chi connectivity index (χ1) is 8.74. The fraction of sp³-hybridized carbons (Fsp3) is 0.500. The monoisotopic (exact) mass is 247 g/mol. The number of anilines is 1. The quantitative estimate of drug-likeness (QED) is 0.738. The maximum absolute atomic E-state index is 11.9. The minimum Gasteiger partial charge on any atom is -0.376 e. The van der Waals surface area contributed by atoms with Crippen LogP contribution in [0.25, 0.3) is 0 Å². The van der Waals surface area contributed by atoms with Crippen molar-refractivity contribution in [3.05, 3.63) is 30.3 Å². The van der Waals surface area contributed by atoms with E-state index < -0.39 is 0 Å². The van der Waals surface area contributed by atoms with Crippen LogP contribution in [-0.2, 0) is 4.79 Å². The molecule has 4 nitrogen and oxygen atoms in total. The lowest BCUT2D eigenvalue weighted by atomic mass is 9.98. The van der Waals surface area contributed by atoms with E-state index in [4.69, 9.17) is 5.73 Å². The Hall–Kier alpha value is -1.55. The third kappa shape index (κ3) is 3.23. The topological polar surface area (TPSA) is 67.1 Å². The molecule has 1 aromatic carbocycles. The van der Waals surface area contributed by atoms with Gasteiger partial charge < -0.3 is 16.4 Å². The molecule has 0 aliphatic heterocycles. The predicted molar refractivity (Wildman–Crippen MR) is 73.3 cm³/mol. The first-order valence-corrected chi connectivity index (χ1v) is 6.54. The Bertz CT molecular complexity index is 385. The van der Waals surface area contributed by atoms with Crippen molar-refractivity contribution in [2.75, 3.05) is 18.4 Å². The normalized spacial score (nSPS) is 17.4. The summed E-state index contributed by atoms with van der Waals surface area (Å²) in [7, 11) is 0. The summed E-state index contributed by atoms with van der Waals surface area (Å²) in [6.07, 6.45) is 4.31. The van der Waals surface area contributed by atoms with Crippen LogP contribution in [0.5, 0.6) is 0 Å². The molecule has 4 heteroatoms. The van der Waals surface area contributed by atoms with Gasteiger partial charge in [0, 0.05) is 12.2 Å². The molecular formula is C14H21N3O. The van der Waals surface area contributed by atoms with Crippen molar-refractivity contribution in [1.82, 2.24) is 5.32 Å². The molecule has 0 saturated heterocycles. The second-order valence-corrected chi connectivity index (χ2v) is 4.96. The average Bonchev–Trinajstić information content (AvgIpc) is 2.87. The van der Waals surface area contributed by atoms with E-state index in [-0.39, 0.29) is 11.4 Å². The van der Waals surface area contributed by atoms with E-state index in [0.717, 1.165) is 31.4 Å². The summed E-state index contributed by atoms with van der Waals surface area (Å²) in [6, 6.07) is 9.73. The molecule has 0 atom stereocenters. The minimum atomic E-state index is -0.157. The first-order valence-electron chi connectivity index (χ1n) is 6.54. The number of nitrogens with one attached hydrogen (secondary N) is 2. The van der Waals surface area contributed by atoms with Gasteiger partial charge in [-0.15, -0.1) is 0 Å². The number of carbonyl (C=O) groups excluding carboxylic acids is 1. The van der Waals surface area contributed by atoms with Crippen molar-refractivity contribution in [2.24, 2.45) is 5.73 Å². The largest absolute Gasteiger partial charge is 0.376 e. The average molecular weight is 247 g/mol. The van der Waals surface area contributed by atoms with E-state index in [1.54, 1.807) is 0 Å². The smallest absolute Gasteiger partial charge is 0.239 e. The van der Waals surface area contributed by atoms with Crippen molar-refractivity contribution in [3.63, 3.8) is 0 Å². The molecule has 1 aliphatic rings. The van der Waals surface area contributed by atoms with Gasteiger partial charge in [0.2, 0.25) is 5.91 Å². The van der Waals surface area contributed by atoms with E-state index >= 15 is 0 Å². The number of hydrogen-bond donors (Lipinski definition) is 3. The molecule has 1 aliphatic carbocycles. The second-order valence-electron chi connectivity index (χ2n) is 4.96. The summed E-state index contributed by atoms with van der Waals surface area (Å²) in [5.74, 6) is 0.0196. The highest BCUT2D eigenvalue weighted by Crippen LogP contribution is 2.28. The number of nitrogens with two attached hydrogens (primary N) is 1. The summed E-state index contributed by atoms with van der Waals surface area (Å²) in [6.45, 7) is 0.829. The zero-order chi connectivity index (χ0) is 12.8. The summed E-state index contributed by atoms with van der Waals surface area (Å²) < 4.78 is 0. The second kappa shape index (κ2) is 5.87. The van der Waals surface area contributed by atoms with E-state index in [1.807, 2.05) is 30.3 Å². The maximum Gasteiger partial charge on any atom is 0.239 e. The Kier molecular flexibility index (Phi) is 4.20. The van der Waals surface area contributed by atoms with Crippen LogP contribution in [-0.4, -0.2) is 24.5 Å². The van der Waals surface area contributed by atoms with Crippen LogP contribution >= 0.6 is 0 Å². The van der Waals surface area contributed by atoms with E-state index in [1.165, 1.54) is 0 Å². The van der Waals surface area contributed by atoms with Gasteiger partial charge in [0.1, 0.15) is 0 Å². The van der Waals surface area contributed by atoms with Crippen LogP contribution in [0, 0.1) is 0 Å². The summed E-state index contributed by atoms with van der Waals surface area (Å²) in [5.41, 5.74) is 6.59. The fourth-order valence-corrected chi connectivity index (χ4v) is 2.51. The lowest BCUT2D eigenvalue weighted by Crippen LogP contribution is -2.53. The number of para-hydroxylation sites is 1. The van der Waals surface area contributed by atoms with Crippen LogP contribution in [0.3, 0.4) is 0 Å². The Morgan fingerprint density at radius 1 is 1.22 bits per heavy atom. The summed E-state index contributed by atoms with van der Waals surface area (Å²) >= 11 is 0. The van der Waals surface area contributed by atoms with Gasteiger partial charge in [-0.1, -0.05) is 31.0 Å². The van der Waals surface area contributed by atoms with Gasteiger partial charge in [0.05, 0.1) is 12.1 Å². The molecule has 4 N–H and O–H groups in total. The van der Waals surface area contributed by atoms with E-state index in [9.17, 15) is 4.79 Å². The molecule has 0 spiro atoms. The van der Waals surface area contributed by atoms with Gasteiger partial charge in [-0.3, -0.25) is 4.79 Å². The molecule has 1 fully saturated rings. The van der Waals surface area contributed by atoms with Crippen molar-refractivity contribution >= 4 is 11.6 Å². The Labute approximate surface area is 108 Å². The third-order valence-electron chi connectivity index (χ3n) is 3.58. The van der Waals surface area contributed by atoms with Gasteiger partial charge in [0.15, 0.2) is 0 Å². The zero-order valence-corrected chi connectivity index (χ0v) is 10.6. The van der Waals surface area contributed by atoms with Crippen molar-refractivity contribution in [1.29, 1.82) is 0 Å². The molecule has 2 rings (SSSR count). The van der Waals surface area contributed by atoms with Crippen LogP contribution in [0.4, 0.5) is 5.69 Å². The lowest BCUT2D eigenvalue weighted by molar-refractivity contribution is -0.121. The highest BCUT2D eigenvalue weighted by molar-refractivity contribution is 5.81. The standard InChI is InChI=1S/C14H21N3O/c15-11-14(8-4-5-9-14)17-13(18)10-16-12-6-2-1-3-7-12/h1-3,6-7,16H,4-5,8-11,15H2,(H,17,18). The molecule has 0 unspecified atom stereocenters. The molecule has 0 radical (unpaired) electrons. The molecule has 1 saturated carbocycles. The highest BCUT2D eigenvalue weighted by Gasteiger charge is 2.33. The molecule has 0 bridgehead atoms. The first kappa shape index (κ1) is 12.9. The minimum absolute atomic E-state index is 0.0196. The van der Waals surface area contributed by atoms with Crippen molar-refractivity contribution in [3.8, 4) is 0 Å². The van der Waals surface area contributed by atoms with Crippen molar-refractivity contribution < 1.29 is 4.79 Å². The van der Waals surface area contributed by atoms with Gasteiger partial charge in [-0.2, -0.15) is 0 Å². The Balaban J connectivity index is 1.82. The molecule has 98 valence electrons. The van der Waals surface area contributed by atoms with Crippen LogP contribution in [0.1, 0.15) is 25.7 Å². The number of carbonyl (C=O) groups is 1. The third-order valence-corrected chi connectivity index (χ3v) is 3.58. The van der Waals surface area contributed by atoms with Gasteiger partial charge in [0.25, 0.3) is 0 Å². The van der Waals surface area contributed by atoms with Gasteiger partial charge >= 0.3 is 0 Å². The molecular weight excluding hydrogens is 226 g/mol. The number of hydrogen-bond acceptors (Lipinski definition) is 3. The maximum atomic E-state index is 11.9. The molecule has 1 amide bonds. The van der Waals surface area contributed by atoms with Crippen LogP contribution in [0.2, 0.25) is 0 Å². The molecule has 1 aromatic rings. The van der Waals surface area contributed by atoms with Crippen LogP contribution in [0.15, 0.2) is 30.3 Å². The highest BCUT2D eigenvalue weighted by atomic mass is 16.2. The zero-order valence-electron chi connectivity index (χ0n) is 10.6. The lowest BCUT2D eigenvalue weighted by Gasteiger charge is -2.28. The molecule has 0 heterocycles. The summed E-state index contributed by atoms with van der Waals surface area (Å²) in [5, 5.41) is 6.19. The Morgan fingerprint density at radius 3 is 2.50 bits per heavy atom.